The maximum atomic E-state index is 12.8. The molecule has 3 heterocycles. The molecule has 0 unspecified atom stereocenters. The second kappa shape index (κ2) is 7.05. The molecule has 0 bridgehead atoms. The van der Waals surface area contributed by atoms with Crippen LogP contribution in [0.4, 0.5) is 11.4 Å². The number of aromatic nitrogens is 2. The lowest BCUT2D eigenvalue weighted by Crippen LogP contribution is -2.36. The summed E-state index contributed by atoms with van der Waals surface area (Å²) in [6.07, 6.45) is 3.46. The molecule has 2 aromatic heterocycles. The van der Waals surface area contributed by atoms with Crippen LogP contribution in [0.3, 0.4) is 0 Å². The lowest BCUT2D eigenvalue weighted by atomic mass is 10.2. The summed E-state index contributed by atoms with van der Waals surface area (Å²) in [6, 6.07) is 3.88. The highest BCUT2D eigenvalue weighted by Crippen LogP contribution is 2.26. The van der Waals surface area contributed by atoms with Gasteiger partial charge in [0.1, 0.15) is 0 Å². The molecule has 128 valence electrons. The SMILES string of the molecule is CCn1c(C)cc(C(=O)Nc2cnccc2N2CCOCC2)c1C. The van der Waals surface area contributed by atoms with Crippen LogP contribution < -0.4 is 10.2 Å². The maximum Gasteiger partial charge on any atom is 0.257 e. The number of carbonyl (C=O) groups is 1. The predicted octanol–water partition coefficient (Wildman–Crippen LogP) is 2.61. The largest absolute Gasteiger partial charge is 0.378 e. The highest BCUT2D eigenvalue weighted by molar-refractivity contribution is 6.06. The summed E-state index contributed by atoms with van der Waals surface area (Å²) in [4.78, 5) is 19.1. The molecule has 0 atom stereocenters. The molecule has 1 N–H and O–H groups in total. The zero-order valence-corrected chi connectivity index (χ0v) is 14.5. The number of hydrogen-bond acceptors (Lipinski definition) is 4. The predicted molar refractivity (Wildman–Crippen MR) is 94.8 cm³/mol. The summed E-state index contributed by atoms with van der Waals surface area (Å²) in [5, 5.41) is 3.03. The molecule has 6 nitrogen and oxygen atoms in total. The van der Waals surface area contributed by atoms with Gasteiger partial charge in [-0.15, -0.1) is 0 Å². The lowest BCUT2D eigenvalue weighted by Gasteiger charge is -2.30. The van der Waals surface area contributed by atoms with Gasteiger partial charge < -0.3 is 19.5 Å². The molecule has 2 aromatic rings. The average molecular weight is 328 g/mol. The summed E-state index contributed by atoms with van der Waals surface area (Å²) in [5.74, 6) is -0.0923. The maximum absolute atomic E-state index is 12.8. The van der Waals surface area contributed by atoms with Crippen LogP contribution in [0.25, 0.3) is 0 Å². The summed E-state index contributed by atoms with van der Waals surface area (Å²) in [7, 11) is 0. The molecule has 1 aliphatic heterocycles. The minimum absolute atomic E-state index is 0.0923. The number of rotatable bonds is 4. The van der Waals surface area contributed by atoms with E-state index < -0.39 is 0 Å². The van der Waals surface area contributed by atoms with Gasteiger partial charge in [-0.2, -0.15) is 0 Å². The molecule has 1 aliphatic rings. The highest BCUT2D eigenvalue weighted by atomic mass is 16.5. The molecule has 3 rings (SSSR count). The lowest BCUT2D eigenvalue weighted by molar-refractivity contribution is 0.102. The third-order valence-corrected chi connectivity index (χ3v) is 4.53. The number of anilines is 2. The van der Waals surface area contributed by atoms with Crippen LogP contribution in [0, 0.1) is 13.8 Å². The van der Waals surface area contributed by atoms with Gasteiger partial charge in [-0.3, -0.25) is 9.78 Å². The molecule has 0 radical (unpaired) electrons. The van der Waals surface area contributed by atoms with Crippen LogP contribution in [0.1, 0.15) is 28.7 Å². The molecule has 6 heteroatoms. The van der Waals surface area contributed by atoms with Crippen molar-refractivity contribution in [3.05, 3.63) is 41.5 Å². The number of aryl methyl sites for hydroxylation is 1. The first-order chi connectivity index (χ1) is 11.6. The smallest absolute Gasteiger partial charge is 0.257 e. The average Bonchev–Trinajstić information content (AvgIpc) is 2.90. The third kappa shape index (κ3) is 3.14. The van der Waals surface area contributed by atoms with Crippen LogP contribution >= 0.6 is 0 Å². The van der Waals surface area contributed by atoms with Gasteiger partial charge in [0.05, 0.1) is 36.3 Å². The number of amides is 1. The van der Waals surface area contributed by atoms with Gasteiger partial charge in [-0.1, -0.05) is 0 Å². The molecule has 0 aromatic carbocycles. The van der Waals surface area contributed by atoms with E-state index in [0.717, 1.165) is 42.4 Å². The van der Waals surface area contributed by atoms with Gasteiger partial charge in [-0.05, 0) is 32.9 Å². The van der Waals surface area contributed by atoms with E-state index in [1.807, 2.05) is 26.0 Å². The topological polar surface area (TPSA) is 59.4 Å². The summed E-state index contributed by atoms with van der Waals surface area (Å²) >= 11 is 0. The second-order valence-electron chi connectivity index (χ2n) is 5.98. The number of ether oxygens (including phenoxy) is 1. The molecule has 0 aliphatic carbocycles. The van der Waals surface area contributed by atoms with Crippen molar-refractivity contribution in [2.24, 2.45) is 0 Å². The number of hydrogen-bond donors (Lipinski definition) is 1. The number of morpholine rings is 1. The quantitative estimate of drug-likeness (QED) is 0.937. The van der Waals surface area contributed by atoms with Crippen LogP contribution in [-0.2, 0) is 11.3 Å². The highest BCUT2D eigenvalue weighted by Gasteiger charge is 2.19. The monoisotopic (exact) mass is 328 g/mol. The van der Waals surface area contributed by atoms with Crippen molar-refractivity contribution >= 4 is 17.3 Å². The first kappa shape index (κ1) is 16.5. The first-order valence-electron chi connectivity index (χ1n) is 8.36. The Hall–Kier alpha value is -2.34. The van der Waals surface area contributed by atoms with Gasteiger partial charge in [-0.25, -0.2) is 0 Å². The molecular weight excluding hydrogens is 304 g/mol. The Morgan fingerprint density at radius 3 is 2.75 bits per heavy atom. The van der Waals surface area contributed by atoms with E-state index >= 15 is 0 Å². The van der Waals surface area contributed by atoms with Crippen LogP contribution in [0.5, 0.6) is 0 Å². The number of carbonyl (C=O) groups excluding carboxylic acids is 1. The zero-order valence-electron chi connectivity index (χ0n) is 14.5. The molecule has 0 spiro atoms. The van der Waals surface area contributed by atoms with Crippen molar-refractivity contribution < 1.29 is 9.53 Å². The Morgan fingerprint density at radius 1 is 1.33 bits per heavy atom. The van der Waals surface area contributed by atoms with E-state index in [4.69, 9.17) is 4.74 Å². The van der Waals surface area contributed by atoms with Crippen LogP contribution in [0.15, 0.2) is 24.5 Å². The van der Waals surface area contributed by atoms with Gasteiger partial charge in [0.15, 0.2) is 0 Å². The Balaban J connectivity index is 1.85. The van der Waals surface area contributed by atoms with Crippen molar-refractivity contribution in [2.45, 2.75) is 27.3 Å². The fourth-order valence-corrected chi connectivity index (χ4v) is 3.27. The van der Waals surface area contributed by atoms with Gasteiger partial charge in [0.2, 0.25) is 0 Å². The van der Waals surface area contributed by atoms with E-state index in [-0.39, 0.29) is 5.91 Å². The molecule has 1 fully saturated rings. The Morgan fingerprint density at radius 2 is 2.08 bits per heavy atom. The summed E-state index contributed by atoms with van der Waals surface area (Å²) in [6.45, 7) is 9.99. The van der Waals surface area contributed by atoms with Crippen molar-refractivity contribution in [3.8, 4) is 0 Å². The van der Waals surface area contributed by atoms with Crippen molar-refractivity contribution in [1.29, 1.82) is 0 Å². The minimum atomic E-state index is -0.0923. The Kier molecular flexibility index (Phi) is 4.85. The van der Waals surface area contributed by atoms with Gasteiger partial charge in [0, 0.05) is 37.2 Å². The fourth-order valence-electron chi connectivity index (χ4n) is 3.27. The van der Waals surface area contributed by atoms with E-state index in [1.165, 1.54) is 0 Å². The molecule has 24 heavy (non-hydrogen) atoms. The normalized spacial score (nSPS) is 14.7. The summed E-state index contributed by atoms with van der Waals surface area (Å²) in [5.41, 5.74) is 4.53. The zero-order chi connectivity index (χ0) is 17.1. The molecular formula is C18H24N4O2. The minimum Gasteiger partial charge on any atom is -0.378 e. The Bertz CT molecular complexity index is 733. The van der Waals surface area contributed by atoms with Crippen LogP contribution in [0.2, 0.25) is 0 Å². The van der Waals surface area contributed by atoms with Crippen LogP contribution in [-0.4, -0.2) is 41.8 Å². The van der Waals surface area contributed by atoms with E-state index in [9.17, 15) is 4.79 Å². The standard InChI is InChI=1S/C18H24N4O2/c1-4-22-13(2)11-15(14(22)3)18(23)20-16-12-19-6-5-17(16)21-7-9-24-10-8-21/h5-6,11-12H,4,7-10H2,1-3H3,(H,20,23). The van der Waals surface area contributed by atoms with E-state index in [2.05, 4.69) is 26.7 Å². The van der Waals surface area contributed by atoms with Gasteiger partial charge >= 0.3 is 0 Å². The van der Waals surface area contributed by atoms with E-state index in [1.54, 1.807) is 12.4 Å². The molecule has 1 saturated heterocycles. The Labute approximate surface area is 142 Å². The summed E-state index contributed by atoms with van der Waals surface area (Å²) < 4.78 is 7.55. The first-order valence-corrected chi connectivity index (χ1v) is 8.36. The number of nitrogens with zero attached hydrogens (tertiary/aromatic N) is 3. The molecule has 0 saturated carbocycles. The van der Waals surface area contributed by atoms with Gasteiger partial charge in [0.25, 0.3) is 5.91 Å². The van der Waals surface area contributed by atoms with Crippen molar-refractivity contribution in [2.75, 3.05) is 36.5 Å². The number of nitrogens with one attached hydrogen (secondary N) is 1. The van der Waals surface area contributed by atoms with Crippen molar-refractivity contribution in [3.63, 3.8) is 0 Å². The van der Waals surface area contributed by atoms with E-state index in [0.29, 0.717) is 18.8 Å². The third-order valence-electron chi connectivity index (χ3n) is 4.53. The van der Waals surface area contributed by atoms with Crippen molar-refractivity contribution in [1.82, 2.24) is 9.55 Å². The number of pyridine rings is 1. The second-order valence-corrected chi connectivity index (χ2v) is 5.98. The fraction of sp³-hybridized carbons (Fsp3) is 0.444. The molecule has 1 amide bonds.